The second-order valence-corrected chi connectivity index (χ2v) is 6.71. The number of carboxylic acid groups (broad SMARTS) is 1. The molecule has 0 aliphatic heterocycles. The van der Waals surface area contributed by atoms with Crippen LogP contribution in [0, 0.1) is 6.92 Å². The van der Waals surface area contributed by atoms with Crippen molar-refractivity contribution in [1.29, 1.82) is 0 Å². The Bertz CT molecular complexity index is 1140. The van der Waals surface area contributed by atoms with E-state index in [-0.39, 0.29) is 28.6 Å². The van der Waals surface area contributed by atoms with Crippen LogP contribution in [0.2, 0.25) is 0 Å². The van der Waals surface area contributed by atoms with E-state index < -0.39 is 17.0 Å². The van der Waals surface area contributed by atoms with E-state index in [9.17, 15) is 14.3 Å². The smallest absolute Gasteiger partial charge is 0.339 e. The zero-order valence-electron chi connectivity index (χ0n) is 14.4. The van der Waals surface area contributed by atoms with Gasteiger partial charge in [-0.15, -0.1) is 0 Å². The second-order valence-electron chi connectivity index (χ2n) is 6.13. The minimum absolute atomic E-state index is 0.0532. The SMILES string of the molecule is Cc1noc2nc(C3C=CC=CC3(F)Cl)nc(Nc3ccncc3C(=O)O)c12. The molecule has 4 rings (SSSR count). The first-order chi connectivity index (χ1) is 13.4. The fourth-order valence-electron chi connectivity index (χ4n) is 2.89. The van der Waals surface area contributed by atoms with Crippen LogP contribution in [0.4, 0.5) is 15.9 Å². The number of alkyl halides is 2. The number of rotatable bonds is 4. The van der Waals surface area contributed by atoms with Crippen molar-refractivity contribution in [2.24, 2.45) is 0 Å². The average Bonchev–Trinajstić information content (AvgIpc) is 3.03. The largest absolute Gasteiger partial charge is 0.478 e. The van der Waals surface area contributed by atoms with Gasteiger partial charge in [-0.1, -0.05) is 35.0 Å². The number of nitrogens with one attached hydrogen (secondary N) is 1. The standard InChI is InChI=1S/C18H13ClFN5O3/c1-9-13-15(22-12-5-7-21-8-10(12)17(26)27)23-14(24-16(13)28-25-9)11-4-2-3-6-18(11,19)20/h2-8,11H,1H3,(H,26,27)(H,21,22,23,24). The number of carboxylic acids is 1. The van der Waals surface area contributed by atoms with Crippen molar-refractivity contribution in [3.8, 4) is 0 Å². The molecule has 3 heterocycles. The van der Waals surface area contributed by atoms with E-state index in [0.717, 1.165) is 0 Å². The summed E-state index contributed by atoms with van der Waals surface area (Å²) in [6, 6.07) is 1.49. The molecule has 1 aliphatic rings. The highest BCUT2D eigenvalue weighted by Gasteiger charge is 2.38. The Morgan fingerprint density at radius 2 is 2.21 bits per heavy atom. The van der Waals surface area contributed by atoms with Crippen LogP contribution in [-0.2, 0) is 0 Å². The maximum absolute atomic E-state index is 14.7. The van der Waals surface area contributed by atoms with E-state index in [4.69, 9.17) is 16.1 Å². The van der Waals surface area contributed by atoms with Crippen molar-refractivity contribution in [3.63, 3.8) is 0 Å². The molecule has 8 nitrogen and oxygen atoms in total. The molecule has 142 valence electrons. The second kappa shape index (κ2) is 6.68. The first-order valence-corrected chi connectivity index (χ1v) is 8.56. The number of aromatic nitrogens is 4. The molecule has 3 aromatic rings. The Morgan fingerprint density at radius 1 is 1.39 bits per heavy atom. The number of aromatic carboxylic acids is 1. The molecule has 1 aliphatic carbocycles. The van der Waals surface area contributed by atoms with E-state index in [1.165, 1.54) is 36.7 Å². The van der Waals surface area contributed by atoms with Gasteiger partial charge in [0.05, 0.1) is 17.3 Å². The summed E-state index contributed by atoms with van der Waals surface area (Å²) in [7, 11) is 0. The van der Waals surface area contributed by atoms with Gasteiger partial charge >= 0.3 is 5.97 Å². The molecule has 2 atom stereocenters. The van der Waals surface area contributed by atoms with E-state index >= 15 is 0 Å². The molecule has 28 heavy (non-hydrogen) atoms. The number of pyridine rings is 1. The van der Waals surface area contributed by atoms with E-state index in [2.05, 4.69) is 25.4 Å². The number of allylic oxidation sites excluding steroid dienone is 4. The highest BCUT2D eigenvalue weighted by Crippen LogP contribution is 2.40. The Balaban J connectivity index is 1.86. The minimum Gasteiger partial charge on any atom is -0.478 e. The molecule has 2 N–H and O–H groups in total. The van der Waals surface area contributed by atoms with Gasteiger partial charge in [-0.3, -0.25) is 4.98 Å². The quantitative estimate of drug-likeness (QED) is 0.633. The lowest BCUT2D eigenvalue weighted by atomic mass is 9.97. The van der Waals surface area contributed by atoms with Gasteiger partial charge < -0.3 is 14.9 Å². The number of nitrogens with zero attached hydrogens (tertiary/aromatic N) is 4. The summed E-state index contributed by atoms with van der Waals surface area (Å²) in [5, 5.41) is 14.4. The normalized spacial score (nSPS) is 21.2. The number of hydrogen-bond donors (Lipinski definition) is 2. The van der Waals surface area contributed by atoms with E-state index in [1.54, 1.807) is 13.0 Å². The van der Waals surface area contributed by atoms with Crippen LogP contribution in [0.25, 0.3) is 11.1 Å². The maximum Gasteiger partial charge on any atom is 0.339 e. The van der Waals surface area contributed by atoms with Gasteiger partial charge in [-0.25, -0.2) is 14.2 Å². The lowest BCUT2D eigenvalue weighted by molar-refractivity contribution is 0.0697. The highest BCUT2D eigenvalue weighted by atomic mass is 35.5. The van der Waals surface area contributed by atoms with E-state index in [0.29, 0.717) is 11.1 Å². The summed E-state index contributed by atoms with van der Waals surface area (Å²) in [4.78, 5) is 23.9. The van der Waals surface area contributed by atoms with Crippen molar-refractivity contribution in [2.45, 2.75) is 18.0 Å². The zero-order chi connectivity index (χ0) is 19.9. The Morgan fingerprint density at radius 3 is 2.96 bits per heavy atom. The summed E-state index contributed by atoms with van der Waals surface area (Å²) < 4.78 is 20.0. The maximum atomic E-state index is 14.7. The number of aryl methyl sites for hydroxylation is 1. The third kappa shape index (κ3) is 3.09. The first kappa shape index (κ1) is 18.1. The number of hydrogen-bond acceptors (Lipinski definition) is 7. The van der Waals surface area contributed by atoms with Crippen molar-refractivity contribution < 1.29 is 18.8 Å². The van der Waals surface area contributed by atoms with Gasteiger partial charge in [0.1, 0.15) is 22.6 Å². The van der Waals surface area contributed by atoms with Crippen LogP contribution in [0.1, 0.15) is 27.8 Å². The molecular weight excluding hydrogens is 389 g/mol. The average molecular weight is 402 g/mol. The summed E-state index contributed by atoms with van der Waals surface area (Å²) in [5.74, 6) is -1.84. The molecule has 0 amide bonds. The van der Waals surface area contributed by atoms with E-state index in [1.807, 2.05) is 0 Å². The minimum atomic E-state index is -2.21. The number of anilines is 2. The van der Waals surface area contributed by atoms with Crippen LogP contribution in [0.3, 0.4) is 0 Å². The molecule has 0 saturated heterocycles. The molecule has 0 bridgehead atoms. The van der Waals surface area contributed by atoms with Gasteiger partial charge in [-0.05, 0) is 19.1 Å². The predicted octanol–water partition coefficient (Wildman–Crippen LogP) is 3.88. The first-order valence-electron chi connectivity index (χ1n) is 8.19. The Kier molecular flexibility index (Phi) is 4.31. The van der Waals surface area contributed by atoms with Crippen LogP contribution in [-0.4, -0.2) is 36.3 Å². The third-order valence-corrected chi connectivity index (χ3v) is 4.62. The van der Waals surface area contributed by atoms with Gasteiger partial charge in [-0.2, -0.15) is 4.98 Å². The fourth-order valence-corrected chi connectivity index (χ4v) is 3.13. The van der Waals surface area contributed by atoms with Crippen LogP contribution in [0.15, 0.2) is 47.3 Å². The van der Waals surface area contributed by atoms with Gasteiger partial charge in [0, 0.05) is 12.4 Å². The third-order valence-electron chi connectivity index (χ3n) is 4.25. The Labute approximate surface area is 162 Å². The summed E-state index contributed by atoms with van der Waals surface area (Å²) in [6.45, 7) is 1.69. The molecule has 0 spiro atoms. The van der Waals surface area contributed by atoms with Crippen molar-refractivity contribution in [1.82, 2.24) is 20.1 Å². The zero-order valence-corrected chi connectivity index (χ0v) is 15.2. The highest BCUT2D eigenvalue weighted by molar-refractivity contribution is 6.25. The van der Waals surface area contributed by atoms with Crippen molar-refractivity contribution >= 4 is 40.2 Å². The molecule has 2 unspecified atom stereocenters. The topological polar surface area (TPSA) is 114 Å². The lowest BCUT2D eigenvalue weighted by Gasteiger charge is -2.24. The molecule has 10 heteroatoms. The number of carbonyl (C=O) groups is 1. The molecule has 0 aromatic carbocycles. The summed E-state index contributed by atoms with van der Waals surface area (Å²) >= 11 is 5.97. The predicted molar refractivity (Wildman–Crippen MR) is 99.5 cm³/mol. The number of halogens is 2. The fraction of sp³-hybridized carbons (Fsp3) is 0.167. The molecular formula is C18H13ClFN5O3. The van der Waals surface area contributed by atoms with Gasteiger partial charge in [0.25, 0.3) is 5.71 Å². The molecule has 0 fully saturated rings. The van der Waals surface area contributed by atoms with Crippen LogP contribution < -0.4 is 5.32 Å². The van der Waals surface area contributed by atoms with Crippen molar-refractivity contribution in [2.75, 3.05) is 5.32 Å². The Hall–Kier alpha value is -3.33. The van der Waals surface area contributed by atoms with Gasteiger partial charge in [0.15, 0.2) is 0 Å². The summed E-state index contributed by atoms with van der Waals surface area (Å²) in [6.07, 6.45) is 8.53. The van der Waals surface area contributed by atoms with Crippen LogP contribution in [0.5, 0.6) is 0 Å². The van der Waals surface area contributed by atoms with Crippen LogP contribution >= 0.6 is 11.6 Å². The number of fused-ring (bicyclic) bond motifs is 1. The molecule has 0 radical (unpaired) electrons. The van der Waals surface area contributed by atoms with Gasteiger partial charge in [0.2, 0.25) is 5.13 Å². The molecule has 0 saturated carbocycles. The molecule has 3 aromatic heterocycles. The summed E-state index contributed by atoms with van der Waals surface area (Å²) in [5.41, 5.74) is 0.825. The van der Waals surface area contributed by atoms with Crippen molar-refractivity contribution in [3.05, 3.63) is 59.8 Å². The monoisotopic (exact) mass is 401 g/mol. The lowest BCUT2D eigenvalue weighted by Crippen LogP contribution is -2.24.